The summed E-state index contributed by atoms with van der Waals surface area (Å²) in [5.41, 5.74) is 6.79. The molecule has 3 rings (SSSR count). The molecule has 2 aliphatic heterocycles. The van der Waals surface area contributed by atoms with Gasteiger partial charge in [0.1, 0.15) is 0 Å². The first kappa shape index (κ1) is 38.1. The fraction of sp³-hybridized carbons (Fsp3) is 0.647. The molecule has 0 aromatic heterocycles. The number of carbonyl (C=O) groups is 4. The zero-order valence-electron chi connectivity index (χ0n) is 28.5. The third kappa shape index (κ3) is 10.8. The number of ketones is 2. The lowest BCUT2D eigenvalue weighted by Crippen LogP contribution is -2.42. The minimum absolute atomic E-state index is 0.0898. The Hall–Kier alpha value is -3.36. The number of nitrogens with zero attached hydrogens (tertiary/aromatic N) is 1. The van der Waals surface area contributed by atoms with Gasteiger partial charge in [-0.15, -0.1) is 0 Å². The average Bonchev–Trinajstić information content (AvgIpc) is 3.04. The molecule has 262 valence electrons. The van der Waals surface area contributed by atoms with Gasteiger partial charge >= 0.3 is 6.09 Å². The molecule has 5 N–H and O–H groups in total. The number of amides is 2. The van der Waals surface area contributed by atoms with Crippen LogP contribution < -0.4 is 16.4 Å². The summed E-state index contributed by atoms with van der Waals surface area (Å²) in [5, 5.41) is 17.2. The number of aliphatic hydroxyl groups excluding tert-OH is 1. The van der Waals surface area contributed by atoms with Gasteiger partial charge in [-0.05, 0) is 51.0 Å². The van der Waals surface area contributed by atoms with E-state index in [0.29, 0.717) is 56.7 Å². The second kappa shape index (κ2) is 18.3. The lowest BCUT2D eigenvalue weighted by Gasteiger charge is -2.30. The number of nitrogens with one attached hydrogen (secondary N) is 2. The average molecular weight is 661 g/mol. The van der Waals surface area contributed by atoms with E-state index >= 15 is 0 Å². The summed E-state index contributed by atoms with van der Waals surface area (Å²) in [6, 6.07) is 0. The number of ether oxygens (including phenoxy) is 4. The topological polar surface area (TPSA) is 179 Å². The minimum atomic E-state index is -0.964. The molecule has 2 heterocycles. The second-order valence-corrected chi connectivity index (χ2v) is 12.6. The highest BCUT2D eigenvalue weighted by molar-refractivity contribution is 6.23. The van der Waals surface area contributed by atoms with Crippen LogP contribution in [0.2, 0.25) is 0 Å². The van der Waals surface area contributed by atoms with Gasteiger partial charge in [-0.2, -0.15) is 0 Å². The molecule has 2 amide bonds. The van der Waals surface area contributed by atoms with E-state index in [-0.39, 0.29) is 29.3 Å². The van der Waals surface area contributed by atoms with E-state index in [0.717, 1.165) is 13.1 Å². The number of hydrogen-bond acceptors (Lipinski definition) is 11. The van der Waals surface area contributed by atoms with Crippen molar-refractivity contribution in [2.24, 2.45) is 17.6 Å². The van der Waals surface area contributed by atoms with Crippen molar-refractivity contribution in [3.63, 3.8) is 0 Å². The summed E-state index contributed by atoms with van der Waals surface area (Å²) >= 11 is 0. The molecule has 0 saturated carbocycles. The Balaban J connectivity index is 1.96. The fourth-order valence-electron chi connectivity index (χ4n) is 6.25. The van der Waals surface area contributed by atoms with Gasteiger partial charge in [0.05, 0.1) is 42.9 Å². The molecule has 6 atom stereocenters. The Labute approximate surface area is 277 Å². The quantitative estimate of drug-likeness (QED) is 0.232. The molecule has 0 aromatic rings. The predicted molar refractivity (Wildman–Crippen MR) is 175 cm³/mol. The largest absolute Gasteiger partial charge is 0.439 e. The van der Waals surface area contributed by atoms with E-state index in [4.69, 9.17) is 24.7 Å². The molecule has 2 bridgehead atoms. The number of rotatable bonds is 7. The van der Waals surface area contributed by atoms with Crippen LogP contribution in [0.1, 0.15) is 53.4 Å². The highest BCUT2D eigenvalue weighted by Crippen LogP contribution is 2.29. The van der Waals surface area contributed by atoms with Crippen molar-refractivity contribution in [3.05, 3.63) is 46.3 Å². The van der Waals surface area contributed by atoms with Crippen LogP contribution in [-0.2, 0) is 33.3 Å². The van der Waals surface area contributed by atoms with Crippen LogP contribution in [0.5, 0.6) is 0 Å². The van der Waals surface area contributed by atoms with Gasteiger partial charge in [0.25, 0.3) is 5.91 Å². The third-order valence-corrected chi connectivity index (χ3v) is 8.95. The van der Waals surface area contributed by atoms with Gasteiger partial charge in [0.2, 0.25) is 11.6 Å². The van der Waals surface area contributed by atoms with Gasteiger partial charge in [-0.25, -0.2) is 4.79 Å². The lowest BCUT2D eigenvalue weighted by molar-refractivity contribution is -0.120. The first-order chi connectivity index (χ1) is 22.4. The maximum absolute atomic E-state index is 13.9. The standard InChI is InChI=1S/C34H52N4O9/c1-20-16-24-29(36-10-11-38-12-14-46-15-13-38)26(39)19-25(31(24)41)37-33(42)21(2)8-7-9-27(44-5)32(47-34(35)43)23(4)18-22(3)30(40)28(17-20)45-6/h8,18-20,22,27-28,30,32,36,40H,7,9-17H2,1-6H3,(H2,35,43)(H,37,42)/b21-8-,23-18-. The van der Waals surface area contributed by atoms with E-state index in [1.54, 1.807) is 19.9 Å². The number of fused-ring (bicyclic) bond motifs is 2. The Morgan fingerprint density at radius 2 is 1.81 bits per heavy atom. The van der Waals surface area contributed by atoms with Gasteiger partial charge in [-0.3, -0.25) is 19.3 Å². The summed E-state index contributed by atoms with van der Waals surface area (Å²) in [7, 11) is 3.00. The number of morpholine rings is 1. The molecule has 3 aliphatic rings. The number of aliphatic hydroxyl groups is 1. The van der Waals surface area contributed by atoms with Crippen LogP contribution in [0.15, 0.2) is 46.3 Å². The number of carbonyl (C=O) groups excluding carboxylic acids is 4. The summed E-state index contributed by atoms with van der Waals surface area (Å²) < 4.78 is 22.2. The molecular weight excluding hydrogens is 608 g/mol. The van der Waals surface area contributed by atoms with E-state index in [2.05, 4.69) is 15.5 Å². The number of allylic oxidation sites excluding steroid dienone is 3. The maximum atomic E-state index is 13.9. The van der Waals surface area contributed by atoms with Crippen molar-refractivity contribution in [1.82, 2.24) is 15.5 Å². The minimum Gasteiger partial charge on any atom is -0.439 e. The van der Waals surface area contributed by atoms with Crippen LogP contribution in [0.4, 0.5) is 4.79 Å². The van der Waals surface area contributed by atoms with Crippen LogP contribution in [0.25, 0.3) is 0 Å². The molecule has 1 fully saturated rings. The van der Waals surface area contributed by atoms with Gasteiger partial charge in [-0.1, -0.05) is 26.0 Å². The summed E-state index contributed by atoms with van der Waals surface area (Å²) in [5.74, 6) is -1.96. The number of Topliss-reactive ketones (excluding diaryl/α,β-unsaturated/α-hetero) is 1. The monoisotopic (exact) mass is 660 g/mol. The van der Waals surface area contributed by atoms with Crippen molar-refractivity contribution in [2.45, 2.75) is 77.8 Å². The normalized spacial score (nSPS) is 31.6. The smallest absolute Gasteiger partial charge is 0.405 e. The lowest BCUT2D eigenvalue weighted by atomic mass is 9.85. The number of hydrogen-bond donors (Lipinski definition) is 4. The zero-order valence-corrected chi connectivity index (χ0v) is 28.5. The van der Waals surface area contributed by atoms with Crippen molar-refractivity contribution < 1.29 is 43.2 Å². The highest BCUT2D eigenvalue weighted by Gasteiger charge is 2.34. The molecule has 0 spiro atoms. The zero-order chi connectivity index (χ0) is 34.7. The van der Waals surface area contributed by atoms with Crippen LogP contribution in [-0.4, -0.2) is 112 Å². The molecule has 0 radical (unpaired) electrons. The number of methoxy groups -OCH3 is 2. The second-order valence-electron chi connectivity index (χ2n) is 12.6. The first-order valence-corrected chi connectivity index (χ1v) is 16.3. The molecule has 1 aliphatic carbocycles. The van der Waals surface area contributed by atoms with Gasteiger partial charge in [0.15, 0.2) is 6.10 Å². The van der Waals surface area contributed by atoms with E-state index in [1.807, 2.05) is 19.9 Å². The number of primary amides is 1. The van der Waals surface area contributed by atoms with Crippen molar-refractivity contribution >= 4 is 23.6 Å². The summed E-state index contributed by atoms with van der Waals surface area (Å²) in [6.45, 7) is 11.2. The summed E-state index contributed by atoms with van der Waals surface area (Å²) in [4.78, 5) is 54.5. The molecular formula is C34H52N4O9. The van der Waals surface area contributed by atoms with E-state index in [9.17, 15) is 24.3 Å². The number of nitrogens with two attached hydrogens (primary N) is 1. The van der Waals surface area contributed by atoms with Gasteiger partial charge in [0, 0.05) is 63.5 Å². The van der Waals surface area contributed by atoms with Crippen LogP contribution >= 0.6 is 0 Å². The summed E-state index contributed by atoms with van der Waals surface area (Å²) in [6.07, 6.45) is 2.05. The highest BCUT2D eigenvalue weighted by atomic mass is 16.6. The van der Waals surface area contributed by atoms with E-state index in [1.165, 1.54) is 20.3 Å². The Bertz CT molecular complexity index is 1270. The Morgan fingerprint density at radius 1 is 1.13 bits per heavy atom. The molecule has 6 unspecified atom stereocenters. The predicted octanol–water partition coefficient (Wildman–Crippen LogP) is 1.91. The third-order valence-electron chi connectivity index (χ3n) is 8.95. The van der Waals surface area contributed by atoms with Crippen LogP contribution in [0.3, 0.4) is 0 Å². The van der Waals surface area contributed by atoms with Crippen molar-refractivity contribution in [2.75, 3.05) is 53.6 Å². The fourth-order valence-corrected chi connectivity index (χ4v) is 6.25. The maximum Gasteiger partial charge on any atom is 0.405 e. The first-order valence-electron chi connectivity index (χ1n) is 16.3. The van der Waals surface area contributed by atoms with Crippen molar-refractivity contribution in [1.29, 1.82) is 0 Å². The van der Waals surface area contributed by atoms with E-state index < -0.39 is 53.9 Å². The molecule has 0 aromatic carbocycles. The molecule has 13 nitrogen and oxygen atoms in total. The SMILES string of the molecule is COC1CC/C=C(/C)C(=O)NC2=CC(=O)C(NCCN3CCOCC3)=C(CC(C)CC(OC)C(O)C(C)/C=C(/C)C1OC(N)=O)C2=O. The molecule has 13 heteroatoms. The van der Waals surface area contributed by atoms with Crippen molar-refractivity contribution in [3.8, 4) is 0 Å². The van der Waals surface area contributed by atoms with Gasteiger partial charge < -0.3 is 40.4 Å². The molecule has 47 heavy (non-hydrogen) atoms. The van der Waals surface area contributed by atoms with Crippen LogP contribution in [0, 0.1) is 11.8 Å². The molecule has 1 saturated heterocycles. The Morgan fingerprint density at radius 3 is 2.45 bits per heavy atom. The Kier molecular flexibility index (Phi) is 14.8.